The molecule has 1 amide bonds. The average molecular weight is 388 g/mol. The van der Waals surface area contributed by atoms with E-state index in [1.165, 1.54) is 18.2 Å². The second-order valence-electron chi connectivity index (χ2n) is 5.58. The number of hydrogen-bond acceptors (Lipinski definition) is 5. The van der Waals surface area contributed by atoms with Crippen molar-refractivity contribution in [3.05, 3.63) is 65.7 Å². The monoisotopic (exact) mass is 388 g/mol. The topological polar surface area (TPSA) is 102 Å². The summed E-state index contributed by atoms with van der Waals surface area (Å²) in [5, 5.41) is 2.71. The van der Waals surface area contributed by atoms with Crippen molar-refractivity contribution < 1.29 is 22.7 Å². The van der Waals surface area contributed by atoms with Crippen LogP contribution < -0.4 is 10.0 Å². The van der Waals surface area contributed by atoms with Crippen molar-refractivity contribution in [1.29, 1.82) is 0 Å². The molecule has 0 spiro atoms. The van der Waals surface area contributed by atoms with Crippen molar-refractivity contribution in [2.45, 2.75) is 6.92 Å². The maximum atomic E-state index is 12.5. The number of carbonyl (C=O) groups is 2. The summed E-state index contributed by atoms with van der Waals surface area (Å²) >= 11 is 0. The molecular formula is C19H20N2O5S. The Morgan fingerprint density at radius 2 is 1.74 bits per heavy atom. The Labute approximate surface area is 158 Å². The molecule has 2 rings (SSSR count). The number of ether oxygens (including phenoxy) is 1. The van der Waals surface area contributed by atoms with Crippen LogP contribution in [-0.2, 0) is 19.6 Å². The van der Waals surface area contributed by atoms with Gasteiger partial charge in [0.05, 0.1) is 24.1 Å². The average Bonchev–Trinajstić information content (AvgIpc) is 2.60. The molecule has 0 fully saturated rings. The van der Waals surface area contributed by atoms with Gasteiger partial charge in [-0.15, -0.1) is 0 Å². The minimum atomic E-state index is -3.50. The number of esters is 1. The summed E-state index contributed by atoms with van der Waals surface area (Å²) in [4.78, 5) is 23.8. The third-order valence-electron chi connectivity index (χ3n) is 3.33. The third-order valence-corrected chi connectivity index (χ3v) is 3.92. The molecule has 142 valence electrons. The first-order chi connectivity index (χ1) is 12.8. The fraction of sp³-hybridized carbons (Fsp3) is 0.158. The first kappa shape index (κ1) is 20.2. The van der Waals surface area contributed by atoms with Crippen molar-refractivity contribution in [1.82, 2.24) is 0 Å². The van der Waals surface area contributed by atoms with Crippen LogP contribution >= 0.6 is 0 Å². The Kier molecular flexibility index (Phi) is 6.73. The van der Waals surface area contributed by atoms with Crippen LogP contribution in [0.4, 0.5) is 11.4 Å². The number of anilines is 2. The molecule has 0 radical (unpaired) electrons. The van der Waals surface area contributed by atoms with Gasteiger partial charge in [-0.1, -0.05) is 24.3 Å². The number of nitrogens with one attached hydrogen (secondary N) is 2. The number of benzene rings is 2. The SMILES string of the molecule is CCOC(=O)/C=C\c1ccc(NC(=O)c2ccccc2NS(C)(=O)=O)cc1. The maximum Gasteiger partial charge on any atom is 0.330 e. The molecule has 0 aliphatic heterocycles. The fourth-order valence-electron chi connectivity index (χ4n) is 2.20. The summed E-state index contributed by atoms with van der Waals surface area (Å²) in [6.45, 7) is 2.04. The van der Waals surface area contributed by atoms with Gasteiger partial charge in [0.1, 0.15) is 0 Å². The van der Waals surface area contributed by atoms with E-state index in [2.05, 4.69) is 10.0 Å². The molecule has 2 aromatic carbocycles. The van der Waals surface area contributed by atoms with Gasteiger partial charge in [0, 0.05) is 11.8 Å². The van der Waals surface area contributed by atoms with Gasteiger partial charge in [-0.05, 0) is 42.8 Å². The van der Waals surface area contributed by atoms with Gasteiger partial charge >= 0.3 is 5.97 Å². The van der Waals surface area contributed by atoms with Gasteiger partial charge < -0.3 is 10.1 Å². The van der Waals surface area contributed by atoms with Gasteiger partial charge in [-0.25, -0.2) is 13.2 Å². The summed E-state index contributed by atoms with van der Waals surface area (Å²) < 4.78 is 30.0. The number of rotatable bonds is 7. The molecule has 8 heteroatoms. The number of carbonyl (C=O) groups excluding carboxylic acids is 2. The highest BCUT2D eigenvalue weighted by atomic mass is 32.2. The van der Waals surface area contributed by atoms with Gasteiger partial charge in [0.25, 0.3) is 5.91 Å². The molecule has 0 bridgehead atoms. The Morgan fingerprint density at radius 1 is 1.07 bits per heavy atom. The van der Waals surface area contributed by atoms with E-state index < -0.39 is 21.9 Å². The zero-order valence-corrected chi connectivity index (χ0v) is 15.7. The molecule has 2 aromatic rings. The zero-order valence-electron chi connectivity index (χ0n) is 14.9. The predicted molar refractivity (Wildman–Crippen MR) is 105 cm³/mol. The second kappa shape index (κ2) is 9.00. The smallest absolute Gasteiger partial charge is 0.330 e. The highest BCUT2D eigenvalue weighted by Gasteiger charge is 2.13. The van der Waals surface area contributed by atoms with Crippen LogP contribution in [0, 0.1) is 0 Å². The Hall–Kier alpha value is -3.13. The molecule has 2 N–H and O–H groups in total. The molecule has 0 saturated heterocycles. The Bertz CT molecular complexity index is 950. The summed E-state index contributed by atoms with van der Waals surface area (Å²) in [7, 11) is -3.50. The largest absolute Gasteiger partial charge is 0.463 e. The molecule has 0 aliphatic carbocycles. The minimum absolute atomic E-state index is 0.200. The number of para-hydroxylation sites is 1. The molecule has 0 atom stereocenters. The number of sulfonamides is 1. The minimum Gasteiger partial charge on any atom is -0.463 e. The lowest BCUT2D eigenvalue weighted by Gasteiger charge is -2.11. The Morgan fingerprint density at radius 3 is 2.37 bits per heavy atom. The summed E-state index contributed by atoms with van der Waals surface area (Å²) in [5.74, 6) is -0.874. The number of amides is 1. The van der Waals surface area contributed by atoms with Crippen molar-refractivity contribution in [3.63, 3.8) is 0 Å². The van der Waals surface area contributed by atoms with E-state index in [1.807, 2.05) is 0 Å². The lowest BCUT2D eigenvalue weighted by atomic mass is 10.1. The van der Waals surface area contributed by atoms with Gasteiger partial charge in [-0.2, -0.15) is 0 Å². The molecule has 27 heavy (non-hydrogen) atoms. The van der Waals surface area contributed by atoms with Crippen molar-refractivity contribution in [2.75, 3.05) is 22.9 Å². The van der Waals surface area contributed by atoms with E-state index >= 15 is 0 Å². The molecular weight excluding hydrogens is 368 g/mol. The lowest BCUT2D eigenvalue weighted by molar-refractivity contribution is -0.137. The maximum absolute atomic E-state index is 12.5. The van der Waals surface area contributed by atoms with Crippen LogP contribution in [0.15, 0.2) is 54.6 Å². The summed E-state index contributed by atoms with van der Waals surface area (Å²) in [6.07, 6.45) is 3.95. The van der Waals surface area contributed by atoms with Crippen LogP contribution in [0.5, 0.6) is 0 Å². The third kappa shape index (κ3) is 6.59. The van der Waals surface area contributed by atoms with Crippen LogP contribution in [0.25, 0.3) is 6.08 Å². The van der Waals surface area contributed by atoms with Crippen molar-refractivity contribution in [3.8, 4) is 0 Å². The van der Waals surface area contributed by atoms with E-state index in [0.29, 0.717) is 12.3 Å². The molecule has 7 nitrogen and oxygen atoms in total. The number of hydrogen-bond donors (Lipinski definition) is 2. The van der Waals surface area contributed by atoms with Crippen LogP contribution in [0.2, 0.25) is 0 Å². The highest BCUT2D eigenvalue weighted by Crippen LogP contribution is 2.19. The summed E-state index contributed by atoms with van der Waals surface area (Å²) in [5.41, 5.74) is 1.70. The van der Waals surface area contributed by atoms with Gasteiger partial charge in [0.2, 0.25) is 10.0 Å². The van der Waals surface area contributed by atoms with E-state index in [-0.39, 0.29) is 11.3 Å². The van der Waals surface area contributed by atoms with Crippen LogP contribution in [0.3, 0.4) is 0 Å². The normalized spacial score (nSPS) is 11.2. The van der Waals surface area contributed by atoms with E-state index in [1.54, 1.807) is 49.4 Å². The predicted octanol–water partition coefficient (Wildman–Crippen LogP) is 2.89. The van der Waals surface area contributed by atoms with E-state index in [0.717, 1.165) is 11.8 Å². The van der Waals surface area contributed by atoms with Crippen LogP contribution in [-0.4, -0.2) is 33.2 Å². The van der Waals surface area contributed by atoms with E-state index in [4.69, 9.17) is 4.74 Å². The molecule has 0 aliphatic rings. The quantitative estimate of drug-likeness (QED) is 0.561. The highest BCUT2D eigenvalue weighted by molar-refractivity contribution is 7.92. The first-order valence-electron chi connectivity index (χ1n) is 8.11. The molecule has 0 heterocycles. The van der Waals surface area contributed by atoms with E-state index in [9.17, 15) is 18.0 Å². The van der Waals surface area contributed by atoms with Crippen molar-refractivity contribution in [2.24, 2.45) is 0 Å². The van der Waals surface area contributed by atoms with Crippen LogP contribution in [0.1, 0.15) is 22.8 Å². The second-order valence-corrected chi connectivity index (χ2v) is 7.33. The fourth-order valence-corrected chi connectivity index (χ4v) is 2.78. The molecule has 0 aromatic heterocycles. The van der Waals surface area contributed by atoms with Gasteiger partial charge in [0.15, 0.2) is 0 Å². The molecule has 0 unspecified atom stereocenters. The Balaban J connectivity index is 2.10. The zero-order chi connectivity index (χ0) is 19.9. The molecule has 0 saturated carbocycles. The van der Waals surface area contributed by atoms with Gasteiger partial charge in [-0.3, -0.25) is 9.52 Å². The standard InChI is InChI=1S/C19H20N2O5S/c1-3-26-18(22)13-10-14-8-11-15(12-9-14)20-19(23)16-6-4-5-7-17(16)21-27(2,24)25/h4-13,21H,3H2,1-2H3,(H,20,23)/b13-10-. The first-order valence-corrected chi connectivity index (χ1v) is 10.0. The van der Waals surface area contributed by atoms with Crippen molar-refractivity contribution >= 4 is 39.4 Å². The summed E-state index contributed by atoms with van der Waals surface area (Å²) in [6, 6.07) is 13.1. The lowest BCUT2D eigenvalue weighted by Crippen LogP contribution is -2.17.